The van der Waals surface area contributed by atoms with Gasteiger partial charge in [0, 0.05) is 36.5 Å². The molecule has 2 amide bonds. The summed E-state index contributed by atoms with van der Waals surface area (Å²) in [5.74, 6) is 1.32. The van der Waals surface area contributed by atoms with Crippen LogP contribution in [0.1, 0.15) is 89.7 Å². The first-order chi connectivity index (χ1) is 23.6. The Hall–Kier alpha value is -3.63. The average Bonchev–Trinajstić information content (AvgIpc) is 3.61. The van der Waals surface area contributed by atoms with E-state index in [0.717, 1.165) is 49.7 Å². The second-order valence-corrected chi connectivity index (χ2v) is 15.6. The van der Waals surface area contributed by atoms with Crippen molar-refractivity contribution in [2.75, 3.05) is 31.6 Å². The molecule has 0 unspecified atom stereocenters. The number of rotatable bonds is 9. The number of ether oxygens (including phenoxy) is 2. The van der Waals surface area contributed by atoms with Gasteiger partial charge in [-0.1, -0.05) is 17.7 Å². The molecule has 1 aliphatic heterocycles. The van der Waals surface area contributed by atoms with Gasteiger partial charge in [-0.05, 0) is 124 Å². The van der Waals surface area contributed by atoms with Crippen LogP contribution in [-0.2, 0) is 14.9 Å². The second kappa shape index (κ2) is 13.6. The number of methoxy groups -OCH3 is 1. The summed E-state index contributed by atoms with van der Waals surface area (Å²) in [6, 6.07) is 10.5. The van der Waals surface area contributed by atoms with E-state index in [9.17, 15) is 14.7 Å². The summed E-state index contributed by atoms with van der Waals surface area (Å²) in [7, 11) is 1.65. The fraction of sp³-hybridized carbons (Fsp3) is 0.579. The SMILES string of the molecule is COc1ccc(C23CCC(CN(C(=O)C4CCC(OC(=O)N5CC(O)C5)CC4)c4cc(-c5cnn(C(C)C)c5)ccn4)(CC2)CC3)cc1Cl. The van der Waals surface area contributed by atoms with E-state index in [1.807, 2.05) is 40.2 Å². The highest BCUT2D eigenvalue weighted by atomic mass is 35.5. The number of aromatic nitrogens is 3. The first-order valence-electron chi connectivity index (χ1n) is 17.9. The van der Waals surface area contributed by atoms with Gasteiger partial charge in [0.15, 0.2) is 0 Å². The van der Waals surface area contributed by atoms with Crippen molar-refractivity contribution in [3.63, 3.8) is 0 Å². The van der Waals surface area contributed by atoms with Gasteiger partial charge in [0.2, 0.25) is 5.91 Å². The quantitative estimate of drug-likeness (QED) is 0.253. The van der Waals surface area contributed by atoms with Crippen LogP contribution in [0.5, 0.6) is 5.75 Å². The molecule has 3 aromatic rings. The molecule has 5 fully saturated rings. The van der Waals surface area contributed by atoms with Crippen molar-refractivity contribution in [1.82, 2.24) is 19.7 Å². The van der Waals surface area contributed by atoms with Gasteiger partial charge in [-0.3, -0.25) is 14.4 Å². The Morgan fingerprint density at radius 3 is 2.35 bits per heavy atom. The van der Waals surface area contributed by atoms with E-state index in [1.54, 1.807) is 13.3 Å². The Kier molecular flexibility index (Phi) is 9.39. The third kappa shape index (κ3) is 6.78. The number of benzene rings is 1. The lowest BCUT2D eigenvalue weighted by atomic mass is 9.51. The molecule has 1 saturated heterocycles. The first-order valence-corrected chi connectivity index (χ1v) is 18.2. The standard InChI is InChI=1S/C38H48ClN5O5/c1-25(2)44-21-28(20-41-44)27-10-17-40-34(18-27)43(35(46)26-4-7-31(8-5-26)49-36(47)42-22-30(45)23-42)24-37-11-14-38(15-12-37,16-13-37)29-6-9-33(48-3)32(39)19-29/h6,9-10,17-21,25-26,30-31,45H,4-5,7-8,11-16,22-24H2,1-3H3. The average molecular weight is 690 g/mol. The normalized spacial score (nSPS) is 26.8. The molecule has 0 spiro atoms. The van der Waals surface area contributed by atoms with Crippen LogP contribution < -0.4 is 9.64 Å². The molecular weight excluding hydrogens is 642 g/mol. The number of aliphatic hydroxyl groups is 1. The first kappa shape index (κ1) is 33.8. The van der Waals surface area contributed by atoms with Crippen LogP contribution in [0.3, 0.4) is 0 Å². The Labute approximate surface area is 293 Å². The molecular formula is C38H48ClN5O5. The molecule has 1 aromatic carbocycles. The van der Waals surface area contributed by atoms with E-state index in [0.29, 0.717) is 61.9 Å². The number of carbonyl (C=O) groups is 2. The zero-order valence-corrected chi connectivity index (χ0v) is 29.6. The highest BCUT2D eigenvalue weighted by Crippen LogP contribution is 2.58. The summed E-state index contributed by atoms with van der Waals surface area (Å²) in [4.78, 5) is 35.4. The Balaban J connectivity index is 1.10. The predicted octanol–water partition coefficient (Wildman–Crippen LogP) is 7.19. The minimum atomic E-state index is -0.462. The van der Waals surface area contributed by atoms with Gasteiger partial charge in [0.1, 0.15) is 17.7 Å². The van der Waals surface area contributed by atoms with Crippen LogP contribution in [0, 0.1) is 11.3 Å². The summed E-state index contributed by atoms with van der Waals surface area (Å²) in [5, 5.41) is 14.8. The third-order valence-electron chi connectivity index (χ3n) is 11.8. The van der Waals surface area contributed by atoms with Crippen molar-refractivity contribution >= 4 is 29.4 Å². The number of carbonyl (C=O) groups excluding carboxylic acids is 2. The van der Waals surface area contributed by atoms with Crippen molar-refractivity contribution in [3.05, 3.63) is 59.5 Å². The van der Waals surface area contributed by atoms with E-state index >= 15 is 0 Å². The number of pyridine rings is 1. The molecule has 8 rings (SSSR count). The Morgan fingerprint density at radius 1 is 1.02 bits per heavy atom. The molecule has 4 saturated carbocycles. The molecule has 10 nitrogen and oxygen atoms in total. The van der Waals surface area contributed by atoms with E-state index in [2.05, 4.69) is 31.1 Å². The molecule has 0 atom stereocenters. The van der Waals surface area contributed by atoms with Gasteiger partial charge >= 0.3 is 6.09 Å². The topological polar surface area (TPSA) is 110 Å². The van der Waals surface area contributed by atoms with E-state index < -0.39 is 6.10 Å². The lowest BCUT2D eigenvalue weighted by Gasteiger charge is -2.55. The molecule has 2 aromatic heterocycles. The number of hydrogen-bond donors (Lipinski definition) is 1. The number of β-amino-alcohol motifs (C(OH)–C–C–N with tert-alkyl or cyclic N) is 1. The molecule has 5 aliphatic rings. The summed E-state index contributed by atoms with van der Waals surface area (Å²) >= 11 is 6.57. The Morgan fingerprint density at radius 2 is 1.73 bits per heavy atom. The predicted molar refractivity (Wildman–Crippen MR) is 188 cm³/mol. The van der Waals surface area contributed by atoms with Crippen molar-refractivity contribution in [2.24, 2.45) is 11.3 Å². The molecule has 49 heavy (non-hydrogen) atoms. The molecule has 4 aliphatic carbocycles. The minimum Gasteiger partial charge on any atom is -0.495 e. The second-order valence-electron chi connectivity index (χ2n) is 15.2. The fourth-order valence-corrected chi connectivity index (χ4v) is 8.78. The summed E-state index contributed by atoms with van der Waals surface area (Å²) in [5.41, 5.74) is 3.39. The summed E-state index contributed by atoms with van der Waals surface area (Å²) in [6.45, 7) is 5.49. The van der Waals surface area contributed by atoms with Crippen molar-refractivity contribution < 1.29 is 24.2 Å². The summed E-state index contributed by atoms with van der Waals surface area (Å²) in [6.07, 6.45) is 13.6. The number of fused-ring (bicyclic) bond motifs is 3. The largest absolute Gasteiger partial charge is 0.495 e. The van der Waals surface area contributed by atoms with Crippen molar-refractivity contribution in [2.45, 2.75) is 102 Å². The fourth-order valence-electron chi connectivity index (χ4n) is 8.52. The minimum absolute atomic E-state index is 0.0163. The van der Waals surface area contributed by atoms with Crippen LogP contribution in [-0.4, -0.2) is 75.7 Å². The zero-order chi connectivity index (χ0) is 34.3. The molecule has 262 valence electrons. The monoisotopic (exact) mass is 689 g/mol. The number of likely N-dealkylation sites (tertiary alicyclic amines) is 1. The highest BCUT2D eigenvalue weighted by Gasteiger charge is 2.51. The molecule has 3 heterocycles. The van der Waals surface area contributed by atoms with Gasteiger partial charge in [-0.25, -0.2) is 9.78 Å². The number of hydrogen-bond acceptors (Lipinski definition) is 7. The molecule has 1 N–H and O–H groups in total. The van der Waals surface area contributed by atoms with Crippen LogP contribution in [0.15, 0.2) is 48.9 Å². The van der Waals surface area contributed by atoms with Crippen LogP contribution in [0.25, 0.3) is 11.1 Å². The number of amides is 2. The summed E-state index contributed by atoms with van der Waals surface area (Å²) < 4.78 is 13.1. The zero-order valence-electron chi connectivity index (χ0n) is 28.8. The van der Waals surface area contributed by atoms with Gasteiger partial charge in [0.25, 0.3) is 0 Å². The molecule has 0 radical (unpaired) electrons. The van der Waals surface area contributed by atoms with E-state index in [4.69, 9.17) is 26.1 Å². The highest BCUT2D eigenvalue weighted by molar-refractivity contribution is 6.32. The maximum atomic E-state index is 14.6. The number of anilines is 1. The smallest absolute Gasteiger partial charge is 0.410 e. The third-order valence-corrected chi connectivity index (χ3v) is 12.1. The van der Waals surface area contributed by atoms with Gasteiger partial charge in [-0.15, -0.1) is 0 Å². The van der Waals surface area contributed by atoms with Crippen molar-refractivity contribution in [1.29, 1.82) is 0 Å². The van der Waals surface area contributed by atoms with Crippen LogP contribution in [0.4, 0.5) is 10.6 Å². The molecule has 11 heteroatoms. The van der Waals surface area contributed by atoms with Gasteiger partial charge in [0.05, 0.1) is 37.5 Å². The maximum Gasteiger partial charge on any atom is 0.410 e. The van der Waals surface area contributed by atoms with Crippen LogP contribution in [0.2, 0.25) is 5.02 Å². The van der Waals surface area contributed by atoms with Crippen molar-refractivity contribution in [3.8, 4) is 16.9 Å². The lowest BCUT2D eigenvalue weighted by molar-refractivity contribution is -0.124. The number of halogens is 1. The Bertz CT molecular complexity index is 1650. The van der Waals surface area contributed by atoms with Gasteiger partial charge < -0.3 is 19.5 Å². The lowest BCUT2D eigenvalue weighted by Crippen LogP contribution is -2.54. The number of nitrogens with zero attached hydrogens (tertiary/aromatic N) is 5. The van der Waals surface area contributed by atoms with E-state index in [-0.39, 0.29) is 40.9 Å². The van der Waals surface area contributed by atoms with Gasteiger partial charge in [-0.2, -0.15) is 5.10 Å². The maximum absolute atomic E-state index is 14.6. The van der Waals surface area contributed by atoms with E-state index in [1.165, 1.54) is 10.5 Å². The number of aliphatic hydroxyl groups excluding tert-OH is 1. The molecule has 2 bridgehead atoms. The van der Waals surface area contributed by atoms with Crippen LogP contribution >= 0.6 is 11.6 Å².